The first-order chi connectivity index (χ1) is 11.0. The van der Waals surface area contributed by atoms with Crippen molar-refractivity contribution in [1.82, 2.24) is 5.32 Å². The molecule has 4 aliphatic carbocycles. The summed E-state index contributed by atoms with van der Waals surface area (Å²) in [5, 5.41) is 3.34. The van der Waals surface area contributed by atoms with Gasteiger partial charge in [0.2, 0.25) is 6.54 Å². The first-order valence-electron chi connectivity index (χ1n) is 9.27. The van der Waals surface area contributed by atoms with Gasteiger partial charge in [-0.25, -0.2) is 0 Å². The van der Waals surface area contributed by atoms with Crippen LogP contribution >= 0.6 is 0 Å². The summed E-state index contributed by atoms with van der Waals surface area (Å²) in [7, 11) is 0. The molecule has 3 heteroatoms. The van der Waals surface area contributed by atoms with Crippen LogP contribution in [0.2, 0.25) is 0 Å². The Labute approximate surface area is 139 Å². The number of hydrogen-bond acceptors (Lipinski definition) is 1. The summed E-state index contributed by atoms with van der Waals surface area (Å²) in [5.41, 5.74) is 1.62. The van der Waals surface area contributed by atoms with E-state index >= 15 is 0 Å². The maximum absolute atomic E-state index is 12.5. The second kappa shape index (κ2) is 5.61. The third-order valence-corrected chi connectivity index (χ3v) is 6.77. The monoisotopic (exact) mass is 313 g/mol. The second-order valence-corrected chi connectivity index (χ2v) is 8.62. The van der Waals surface area contributed by atoms with Gasteiger partial charge in [-0.3, -0.25) is 4.79 Å². The maximum Gasteiger partial charge on any atom is 0.286 e. The lowest BCUT2D eigenvalue weighted by atomic mass is 9.48. The molecule has 1 amide bonds. The number of carbonyl (C=O) groups is 1. The topological polar surface area (TPSA) is 33.0 Å². The summed E-state index contributed by atoms with van der Waals surface area (Å²) < 4.78 is 1.97. The van der Waals surface area contributed by atoms with Crippen LogP contribution in [0.4, 0.5) is 0 Å². The van der Waals surface area contributed by atoms with Crippen molar-refractivity contribution >= 4 is 5.91 Å². The zero-order valence-corrected chi connectivity index (χ0v) is 14.4. The highest BCUT2D eigenvalue weighted by Gasteiger charge is 2.53. The smallest absolute Gasteiger partial charge is 0.286 e. The number of pyridine rings is 1. The molecular weight excluding hydrogens is 284 g/mol. The van der Waals surface area contributed by atoms with Crippen LogP contribution in [0.3, 0.4) is 0 Å². The summed E-state index contributed by atoms with van der Waals surface area (Å²) in [6, 6.07) is 4.42. The molecule has 1 aromatic rings. The third kappa shape index (κ3) is 2.90. The van der Waals surface area contributed by atoms with Crippen molar-refractivity contribution in [3.8, 4) is 0 Å². The van der Waals surface area contributed by atoms with Gasteiger partial charge in [0.05, 0.1) is 0 Å². The molecule has 0 unspecified atom stereocenters. The van der Waals surface area contributed by atoms with Crippen molar-refractivity contribution in [2.24, 2.45) is 23.2 Å². The molecule has 1 heterocycles. The third-order valence-electron chi connectivity index (χ3n) is 6.77. The zero-order valence-electron chi connectivity index (χ0n) is 14.4. The van der Waals surface area contributed by atoms with Crippen LogP contribution in [-0.2, 0) is 11.3 Å². The SMILES string of the molecule is Cc1cc[n+](CC(=O)N[C@H](C)C23CC4CC(CC(C4)C2)C3)cc1. The number of hydrogen-bond donors (Lipinski definition) is 1. The highest BCUT2D eigenvalue weighted by atomic mass is 16.2. The fraction of sp³-hybridized carbons (Fsp3) is 0.700. The van der Waals surface area contributed by atoms with Gasteiger partial charge in [0.15, 0.2) is 12.4 Å². The van der Waals surface area contributed by atoms with E-state index in [0.29, 0.717) is 18.0 Å². The molecule has 3 nitrogen and oxygen atoms in total. The number of aryl methyl sites for hydroxylation is 1. The Hall–Kier alpha value is -1.38. The first kappa shape index (κ1) is 15.2. The molecule has 0 aliphatic heterocycles. The van der Waals surface area contributed by atoms with Crippen LogP contribution in [0, 0.1) is 30.1 Å². The van der Waals surface area contributed by atoms with Crippen molar-refractivity contribution < 1.29 is 9.36 Å². The normalized spacial score (nSPS) is 36.0. The molecule has 124 valence electrons. The zero-order chi connectivity index (χ0) is 16.0. The average Bonchev–Trinajstić information content (AvgIpc) is 2.48. The van der Waals surface area contributed by atoms with Gasteiger partial charge >= 0.3 is 0 Å². The van der Waals surface area contributed by atoms with Crippen LogP contribution < -0.4 is 9.88 Å². The Kier molecular flexibility index (Phi) is 3.70. The standard InChI is InChI=1S/C20H28N2O/c1-14-3-5-22(6-4-14)13-19(23)21-15(2)20-10-16-7-17(11-20)9-18(8-16)12-20/h3-6,15-18H,7-13H2,1-2H3/p+1/t15-,16?,17?,18?,20?/m1/s1. The summed E-state index contributed by atoms with van der Waals surface area (Å²) in [4.78, 5) is 12.5. The van der Waals surface area contributed by atoms with Crippen LogP contribution in [0.1, 0.15) is 51.0 Å². The largest absolute Gasteiger partial charge is 0.348 e. The molecule has 4 saturated carbocycles. The molecule has 23 heavy (non-hydrogen) atoms. The van der Waals surface area contributed by atoms with Crippen molar-refractivity contribution in [3.63, 3.8) is 0 Å². The van der Waals surface area contributed by atoms with E-state index in [1.165, 1.54) is 44.1 Å². The Balaban J connectivity index is 1.40. The van der Waals surface area contributed by atoms with Crippen LogP contribution in [0.15, 0.2) is 24.5 Å². The Morgan fingerprint density at radius 2 is 1.70 bits per heavy atom. The second-order valence-electron chi connectivity index (χ2n) is 8.62. The van der Waals surface area contributed by atoms with Gasteiger partial charge < -0.3 is 5.32 Å². The van der Waals surface area contributed by atoms with Gasteiger partial charge in [-0.15, -0.1) is 0 Å². The Bertz CT molecular complexity index is 557. The molecular formula is C20H29N2O+. The van der Waals surface area contributed by atoms with Crippen molar-refractivity contribution in [2.75, 3.05) is 0 Å². The number of nitrogens with one attached hydrogen (secondary N) is 1. The minimum absolute atomic E-state index is 0.155. The molecule has 0 radical (unpaired) electrons. The summed E-state index contributed by atoms with van der Waals surface area (Å²) >= 11 is 0. The van der Waals surface area contributed by atoms with Gasteiger partial charge in [0.25, 0.3) is 5.91 Å². The lowest BCUT2D eigenvalue weighted by molar-refractivity contribution is -0.684. The lowest BCUT2D eigenvalue weighted by Crippen LogP contribution is -2.57. The summed E-state index contributed by atoms with van der Waals surface area (Å²) in [6.45, 7) is 4.75. The fourth-order valence-corrected chi connectivity index (χ4v) is 5.95. The van der Waals surface area contributed by atoms with E-state index in [0.717, 1.165) is 17.8 Å². The highest BCUT2D eigenvalue weighted by Crippen LogP contribution is 2.61. The van der Waals surface area contributed by atoms with Gasteiger partial charge in [0, 0.05) is 18.2 Å². The van der Waals surface area contributed by atoms with Crippen LogP contribution in [0.25, 0.3) is 0 Å². The fourth-order valence-electron chi connectivity index (χ4n) is 5.95. The van der Waals surface area contributed by atoms with Gasteiger partial charge in [-0.1, -0.05) is 0 Å². The predicted octanol–water partition coefficient (Wildman–Crippen LogP) is 3.00. The predicted molar refractivity (Wildman–Crippen MR) is 89.6 cm³/mol. The van der Waals surface area contributed by atoms with Gasteiger partial charge in [-0.05, 0) is 81.1 Å². The number of rotatable bonds is 4. The van der Waals surface area contributed by atoms with E-state index in [4.69, 9.17) is 0 Å². The maximum atomic E-state index is 12.5. The van der Waals surface area contributed by atoms with E-state index in [2.05, 4.69) is 31.3 Å². The number of nitrogens with zero attached hydrogens (tertiary/aromatic N) is 1. The highest BCUT2D eigenvalue weighted by molar-refractivity contribution is 5.74. The molecule has 4 bridgehead atoms. The molecule has 1 N–H and O–H groups in total. The van der Waals surface area contributed by atoms with Crippen LogP contribution in [-0.4, -0.2) is 11.9 Å². The lowest BCUT2D eigenvalue weighted by Gasteiger charge is -2.59. The summed E-state index contributed by atoms with van der Waals surface area (Å²) in [5.74, 6) is 2.97. The molecule has 1 aromatic heterocycles. The van der Waals surface area contributed by atoms with Crippen molar-refractivity contribution in [1.29, 1.82) is 0 Å². The minimum Gasteiger partial charge on any atom is -0.348 e. The number of amides is 1. The molecule has 4 fully saturated rings. The van der Waals surface area contributed by atoms with Crippen LogP contribution in [0.5, 0.6) is 0 Å². The summed E-state index contributed by atoms with van der Waals surface area (Å²) in [6.07, 6.45) is 12.4. The Morgan fingerprint density at radius 1 is 1.17 bits per heavy atom. The first-order valence-corrected chi connectivity index (χ1v) is 9.27. The number of aromatic nitrogens is 1. The number of carbonyl (C=O) groups excluding carboxylic acids is 1. The van der Waals surface area contributed by atoms with E-state index < -0.39 is 0 Å². The van der Waals surface area contributed by atoms with E-state index in [-0.39, 0.29) is 5.91 Å². The Morgan fingerprint density at radius 3 is 2.22 bits per heavy atom. The van der Waals surface area contributed by atoms with Gasteiger partial charge in [0.1, 0.15) is 0 Å². The van der Waals surface area contributed by atoms with E-state index in [1.807, 2.05) is 17.0 Å². The van der Waals surface area contributed by atoms with Crippen molar-refractivity contribution in [2.45, 2.75) is 65.0 Å². The molecule has 0 spiro atoms. The van der Waals surface area contributed by atoms with Crippen molar-refractivity contribution in [3.05, 3.63) is 30.1 Å². The average molecular weight is 313 g/mol. The van der Waals surface area contributed by atoms with Gasteiger partial charge in [-0.2, -0.15) is 4.57 Å². The van der Waals surface area contributed by atoms with E-state index in [9.17, 15) is 4.79 Å². The minimum atomic E-state index is 0.155. The molecule has 0 saturated heterocycles. The molecule has 1 atom stereocenters. The molecule has 4 aliphatic rings. The quantitative estimate of drug-likeness (QED) is 0.852. The molecule has 0 aromatic carbocycles. The van der Waals surface area contributed by atoms with E-state index in [1.54, 1.807) is 0 Å². The molecule has 5 rings (SSSR count).